The van der Waals surface area contributed by atoms with E-state index in [1.807, 2.05) is 0 Å². The van der Waals surface area contributed by atoms with E-state index in [-0.39, 0.29) is 0 Å². The summed E-state index contributed by atoms with van der Waals surface area (Å²) in [5.74, 6) is 0.703. The minimum Gasteiger partial charge on any atom is -0.496 e. The van der Waals surface area contributed by atoms with Crippen molar-refractivity contribution in [1.29, 1.82) is 0 Å². The summed E-state index contributed by atoms with van der Waals surface area (Å²) in [5.41, 5.74) is 1.63. The number of aromatic nitrogens is 1. The second kappa shape index (κ2) is 5.13. The molecule has 17 heavy (non-hydrogen) atoms. The highest BCUT2D eigenvalue weighted by Gasteiger charge is 2.10. The fourth-order valence-corrected chi connectivity index (χ4v) is 2.08. The molecule has 1 aromatic carbocycles. The number of nitrogens with zero attached hydrogens (tertiary/aromatic N) is 1. The Morgan fingerprint density at radius 3 is 2.35 bits per heavy atom. The number of methoxy groups -OCH3 is 1. The van der Waals surface area contributed by atoms with E-state index in [1.54, 1.807) is 37.7 Å². The van der Waals surface area contributed by atoms with Gasteiger partial charge in [0.25, 0.3) is 0 Å². The molecule has 2 rings (SSSR count). The van der Waals surface area contributed by atoms with Crippen molar-refractivity contribution in [2.24, 2.45) is 0 Å². The minimum absolute atomic E-state index is 0.347. The topological polar surface area (TPSA) is 22.1 Å². The zero-order chi connectivity index (χ0) is 12.4. The predicted octanol–water partition coefficient (Wildman–Crippen LogP) is 4.72. The fourth-order valence-electron chi connectivity index (χ4n) is 1.49. The van der Waals surface area contributed by atoms with E-state index < -0.39 is 0 Å². The second-order valence-corrected chi connectivity index (χ2v) is 4.52. The molecule has 2 nitrogen and oxygen atoms in total. The maximum Gasteiger partial charge on any atom is 0.129 e. The Bertz CT molecular complexity index is 534. The van der Waals surface area contributed by atoms with Gasteiger partial charge in [-0.1, -0.05) is 34.8 Å². The first-order valence-corrected chi connectivity index (χ1v) is 5.89. The molecule has 0 fully saturated rings. The van der Waals surface area contributed by atoms with Gasteiger partial charge in [-0.3, -0.25) is 4.98 Å². The van der Waals surface area contributed by atoms with Crippen LogP contribution in [0.5, 0.6) is 5.75 Å². The van der Waals surface area contributed by atoms with Gasteiger partial charge in [0, 0.05) is 18.0 Å². The van der Waals surface area contributed by atoms with Crippen LogP contribution in [0.25, 0.3) is 11.1 Å². The molecule has 2 aromatic rings. The van der Waals surface area contributed by atoms with Gasteiger partial charge in [0.05, 0.1) is 22.2 Å². The summed E-state index contributed by atoms with van der Waals surface area (Å²) in [6, 6.07) is 5.23. The Morgan fingerprint density at radius 1 is 1.12 bits per heavy atom. The standard InChI is InChI=1S/C12H8Cl3NO/c1-17-11-2-3-16-6-8(11)7-4-9(13)12(15)10(14)5-7/h2-6H,1H3. The zero-order valence-corrected chi connectivity index (χ0v) is 11.1. The van der Waals surface area contributed by atoms with E-state index in [0.717, 1.165) is 11.1 Å². The average Bonchev–Trinajstić information content (AvgIpc) is 2.35. The van der Waals surface area contributed by atoms with E-state index >= 15 is 0 Å². The normalized spacial score (nSPS) is 10.4. The monoisotopic (exact) mass is 287 g/mol. The van der Waals surface area contributed by atoms with Crippen LogP contribution < -0.4 is 4.74 Å². The van der Waals surface area contributed by atoms with Crippen LogP contribution in [0.2, 0.25) is 15.1 Å². The maximum absolute atomic E-state index is 5.99. The highest BCUT2D eigenvalue weighted by atomic mass is 35.5. The van der Waals surface area contributed by atoms with Gasteiger partial charge in [0.1, 0.15) is 5.75 Å². The first kappa shape index (κ1) is 12.5. The van der Waals surface area contributed by atoms with Crippen LogP contribution in [-0.4, -0.2) is 12.1 Å². The molecule has 0 atom stereocenters. The van der Waals surface area contributed by atoms with Crippen molar-refractivity contribution in [3.05, 3.63) is 45.7 Å². The Hall–Kier alpha value is -0.960. The number of hydrogen-bond acceptors (Lipinski definition) is 2. The van der Waals surface area contributed by atoms with Crippen LogP contribution in [0, 0.1) is 0 Å². The van der Waals surface area contributed by atoms with Gasteiger partial charge in [0.15, 0.2) is 0 Å². The van der Waals surface area contributed by atoms with Crippen LogP contribution in [0.1, 0.15) is 0 Å². The largest absolute Gasteiger partial charge is 0.496 e. The first-order valence-electron chi connectivity index (χ1n) is 4.76. The first-order chi connectivity index (χ1) is 8.13. The van der Waals surface area contributed by atoms with E-state index in [2.05, 4.69) is 4.98 Å². The third kappa shape index (κ3) is 2.49. The highest BCUT2D eigenvalue weighted by molar-refractivity contribution is 6.48. The third-order valence-corrected chi connectivity index (χ3v) is 3.49. The molecular weight excluding hydrogens is 280 g/mol. The van der Waals surface area contributed by atoms with Crippen molar-refractivity contribution in [2.45, 2.75) is 0 Å². The summed E-state index contributed by atoms with van der Waals surface area (Å²) in [5, 5.41) is 1.15. The van der Waals surface area contributed by atoms with Crippen molar-refractivity contribution in [2.75, 3.05) is 7.11 Å². The molecule has 1 heterocycles. The van der Waals surface area contributed by atoms with Crippen molar-refractivity contribution in [3.63, 3.8) is 0 Å². The van der Waals surface area contributed by atoms with Crippen LogP contribution >= 0.6 is 34.8 Å². The molecule has 0 aliphatic heterocycles. The van der Waals surface area contributed by atoms with Gasteiger partial charge in [-0.25, -0.2) is 0 Å². The number of hydrogen-bond donors (Lipinski definition) is 0. The predicted molar refractivity (Wildman–Crippen MR) is 71.3 cm³/mol. The molecule has 0 amide bonds. The van der Waals surface area contributed by atoms with Gasteiger partial charge >= 0.3 is 0 Å². The minimum atomic E-state index is 0.347. The summed E-state index contributed by atoms with van der Waals surface area (Å²) in [7, 11) is 1.60. The molecule has 0 unspecified atom stereocenters. The number of pyridine rings is 1. The lowest BCUT2D eigenvalue weighted by molar-refractivity contribution is 0.416. The summed E-state index contributed by atoms with van der Waals surface area (Å²) in [6.07, 6.45) is 3.34. The van der Waals surface area contributed by atoms with Crippen molar-refractivity contribution in [3.8, 4) is 16.9 Å². The molecule has 0 aliphatic carbocycles. The molecule has 0 spiro atoms. The lowest BCUT2D eigenvalue weighted by atomic mass is 10.1. The molecule has 88 valence electrons. The van der Waals surface area contributed by atoms with Crippen LogP contribution in [0.15, 0.2) is 30.6 Å². The zero-order valence-electron chi connectivity index (χ0n) is 8.88. The number of benzene rings is 1. The summed E-state index contributed by atoms with van der Waals surface area (Å²) < 4.78 is 5.25. The van der Waals surface area contributed by atoms with Gasteiger partial charge < -0.3 is 4.74 Å². The van der Waals surface area contributed by atoms with Gasteiger partial charge in [-0.2, -0.15) is 0 Å². The lowest BCUT2D eigenvalue weighted by Crippen LogP contribution is -1.89. The van der Waals surface area contributed by atoms with Gasteiger partial charge in [-0.15, -0.1) is 0 Å². The smallest absolute Gasteiger partial charge is 0.129 e. The fraction of sp³-hybridized carbons (Fsp3) is 0.0833. The summed E-state index contributed by atoms with van der Waals surface area (Å²) in [4.78, 5) is 4.05. The molecular formula is C12H8Cl3NO. The van der Waals surface area contributed by atoms with Crippen LogP contribution in [0.4, 0.5) is 0 Å². The van der Waals surface area contributed by atoms with Crippen molar-refractivity contribution < 1.29 is 4.74 Å². The van der Waals surface area contributed by atoms with Crippen molar-refractivity contribution >= 4 is 34.8 Å². The maximum atomic E-state index is 5.99. The van der Waals surface area contributed by atoms with E-state index in [9.17, 15) is 0 Å². The van der Waals surface area contributed by atoms with Gasteiger partial charge in [0.2, 0.25) is 0 Å². The molecule has 5 heteroatoms. The molecule has 1 aromatic heterocycles. The third-order valence-electron chi connectivity index (χ3n) is 2.30. The van der Waals surface area contributed by atoms with Gasteiger partial charge in [-0.05, 0) is 23.8 Å². The number of ether oxygens (including phenoxy) is 1. The van der Waals surface area contributed by atoms with E-state index in [0.29, 0.717) is 20.8 Å². The number of rotatable bonds is 2. The van der Waals surface area contributed by atoms with E-state index in [1.165, 1.54) is 0 Å². The Kier molecular flexibility index (Phi) is 3.77. The quantitative estimate of drug-likeness (QED) is 0.746. The second-order valence-electron chi connectivity index (χ2n) is 3.33. The molecule has 0 aliphatic rings. The number of halogens is 3. The van der Waals surface area contributed by atoms with Crippen LogP contribution in [-0.2, 0) is 0 Å². The summed E-state index contributed by atoms with van der Waals surface area (Å²) >= 11 is 17.9. The Morgan fingerprint density at radius 2 is 1.76 bits per heavy atom. The average molecular weight is 289 g/mol. The van der Waals surface area contributed by atoms with Crippen molar-refractivity contribution in [1.82, 2.24) is 4.98 Å². The molecule has 0 radical (unpaired) electrons. The highest BCUT2D eigenvalue weighted by Crippen LogP contribution is 2.37. The van der Waals surface area contributed by atoms with E-state index in [4.69, 9.17) is 39.5 Å². The molecule has 0 N–H and O–H groups in total. The lowest BCUT2D eigenvalue weighted by Gasteiger charge is -2.09. The Labute approximate surface area is 114 Å². The summed E-state index contributed by atoms with van der Waals surface area (Å²) in [6.45, 7) is 0. The molecule has 0 saturated heterocycles. The van der Waals surface area contributed by atoms with Crippen LogP contribution in [0.3, 0.4) is 0 Å². The molecule has 0 bridgehead atoms. The molecule has 0 saturated carbocycles. The SMILES string of the molecule is COc1ccncc1-c1cc(Cl)c(Cl)c(Cl)c1. The Balaban J connectivity index is 2.61.